The SMILES string of the molecule is C=CCNC(=O)c1nn(C23CC4CC(CC(C4)C2)C3)cc1[N+](=O)[O-]. The van der Waals surface area contributed by atoms with E-state index in [-0.39, 0.29) is 23.5 Å². The van der Waals surface area contributed by atoms with E-state index in [2.05, 4.69) is 17.0 Å². The average Bonchev–Trinajstić information content (AvgIpc) is 2.97. The minimum atomic E-state index is -0.509. The van der Waals surface area contributed by atoms with Gasteiger partial charge in [0.1, 0.15) is 6.20 Å². The molecule has 4 saturated carbocycles. The number of nitro groups is 1. The van der Waals surface area contributed by atoms with Gasteiger partial charge in [0, 0.05) is 6.54 Å². The summed E-state index contributed by atoms with van der Waals surface area (Å²) in [6.07, 6.45) is 9.98. The van der Waals surface area contributed by atoms with Crippen molar-refractivity contribution in [1.29, 1.82) is 0 Å². The van der Waals surface area contributed by atoms with Crippen LogP contribution in [0.15, 0.2) is 18.9 Å². The predicted octanol–water partition coefficient (Wildman–Crippen LogP) is 2.63. The second-order valence-electron chi connectivity index (χ2n) is 7.71. The lowest BCUT2D eigenvalue weighted by atomic mass is 9.53. The summed E-state index contributed by atoms with van der Waals surface area (Å²) in [6, 6.07) is 0. The average molecular weight is 330 g/mol. The first kappa shape index (κ1) is 15.4. The smallest absolute Gasteiger partial charge is 0.320 e. The van der Waals surface area contributed by atoms with E-state index in [0.29, 0.717) is 17.8 Å². The van der Waals surface area contributed by atoms with Crippen molar-refractivity contribution in [3.63, 3.8) is 0 Å². The zero-order chi connectivity index (χ0) is 16.9. The Kier molecular flexibility index (Phi) is 3.47. The molecule has 1 amide bonds. The topological polar surface area (TPSA) is 90.1 Å². The van der Waals surface area contributed by atoms with Crippen molar-refractivity contribution < 1.29 is 9.72 Å². The maximum absolute atomic E-state index is 12.2. The molecule has 1 aromatic heterocycles. The summed E-state index contributed by atoms with van der Waals surface area (Å²) < 4.78 is 1.76. The van der Waals surface area contributed by atoms with Crippen LogP contribution >= 0.6 is 0 Å². The summed E-state index contributed by atoms with van der Waals surface area (Å²) in [5.74, 6) is 1.61. The van der Waals surface area contributed by atoms with Crippen molar-refractivity contribution >= 4 is 11.6 Å². The molecule has 0 unspecified atom stereocenters. The molecular weight excluding hydrogens is 308 g/mol. The molecule has 5 rings (SSSR count). The van der Waals surface area contributed by atoms with Gasteiger partial charge in [-0.1, -0.05) is 6.08 Å². The molecule has 0 saturated heterocycles. The third-order valence-electron chi connectivity index (χ3n) is 6.01. The third kappa shape index (κ3) is 2.34. The number of carbonyl (C=O) groups excluding carboxylic acids is 1. The van der Waals surface area contributed by atoms with Crippen LogP contribution in [-0.2, 0) is 5.54 Å². The third-order valence-corrected chi connectivity index (χ3v) is 6.01. The molecule has 0 spiro atoms. The molecule has 0 radical (unpaired) electrons. The normalized spacial score (nSPS) is 33.4. The lowest BCUT2D eigenvalue weighted by molar-refractivity contribution is -0.385. The van der Waals surface area contributed by atoms with E-state index in [1.165, 1.54) is 25.5 Å². The second kappa shape index (κ2) is 5.43. The molecule has 4 bridgehead atoms. The van der Waals surface area contributed by atoms with E-state index in [1.54, 1.807) is 10.8 Å². The minimum Gasteiger partial charge on any atom is -0.347 e. The van der Waals surface area contributed by atoms with Gasteiger partial charge in [0.15, 0.2) is 0 Å². The molecule has 7 heteroatoms. The summed E-state index contributed by atoms with van der Waals surface area (Å²) in [5, 5.41) is 18.4. The van der Waals surface area contributed by atoms with E-state index >= 15 is 0 Å². The van der Waals surface area contributed by atoms with Gasteiger partial charge in [0.25, 0.3) is 5.91 Å². The summed E-state index contributed by atoms with van der Waals surface area (Å²) in [5.41, 5.74) is -0.416. The fourth-order valence-electron chi connectivity index (χ4n) is 5.50. The van der Waals surface area contributed by atoms with E-state index < -0.39 is 10.8 Å². The number of hydrogen-bond acceptors (Lipinski definition) is 4. The van der Waals surface area contributed by atoms with Gasteiger partial charge in [-0.3, -0.25) is 19.6 Å². The summed E-state index contributed by atoms with van der Waals surface area (Å²) in [6.45, 7) is 3.81. The first-order valence-electron chi connectivity index (χ1n) is 8.64. The van der Waals surface area contributed by atoms with E-state index in [1.807, 2.05) is 0 Å². The zero-order valence-corrected chi connectivity index (χ0v) is 13.6. The van der Waals surface area contributed by atoms with Gasteiger partial charge in [-0.2, -0.15) is 5.10 Å². The second-order valence-corrected chi connectivity index (χ2v) is 7.71. The van der Waals surface area contributed by atoms with Crippen LogP contribution in [0.5, 0.6) is 0 Å². The maximum atomic E-state index is 12.2. The Bertz CT molecular complexity index is 673. The highest BCUT2D eigenvalue weighted by molar-refractivity contribution is 5.96. The highest BCUT2D eigenvalue weighted by Crippen LogP contribution is 2.58. The van der Waals surface area contributed by atoms with Crippen LogP contribution in [-0.4, -0.2) is 27.2 Å². The zero-order valence-electron chi connectivity index (χ0n) is 13.6. The molecule has 1 aromatic rings. The van der Waals surface area contributed by atoms with Gasteiger partial charge in [0.05, 0.1) is 10.5 Å². The molecular formula is C17H22N4O3. The lowest BCUT2D eigenvalue weighted by Crippen LogP contribution is -2.52. The quantitative estimate of drug-likeness (QED) is 0.510. The van der Waals surface area contributed by atoms with E-state index in [4.69, 9.17) is 0 Å². The summed E-state index contributed by atoms with van der Waals surface area (Å²) >= 11 is 0. The number of rotatable bonds is 5. The van der Waals surface area contributed by atoms with Crippen molar-refractivity contribution in [1.82, 2.24) is 15.1 Å². The summed E-state index contributed by atoms with van der Waals surface area (Å²) in [4.78, 5) is 23.1. The largest absolute Gasteiger partial charge is 0.347 e. The van der Waals surface area contributed by atoms with Crippen molar-refractivity contribution in [3.05, 3.63) is 34.7 Å². The highest BCUT2D eigenvalue weighted by Gasteiger charge is 2.53. The first-order valence-corrected chi connectivity index (χ1v) is 8.64. The Balaban J connectivity index is 1.70. The Morgan fingerprint density at radius 1 is 1.38 bits per heavy atom. The monoisotopic (exact) mass is 330 g/mol. The van der Waals surface area contributed by atoms with Crippen molar-refractivity contribution in [2.75, 3.05) is 6.54 Å². The van der Waals surface area contributed by atoms with Crippen LogP contribution in [0.25, 0.3) is 0 Å². The van der Waals surface area contributed by atoms with Crippen LogP contribution in [0.4, 0.5) is 5.69 Å². The van der Waals surface area contributed by atoms with Crippen LogP contribution in [0.1, 0.15) is 49.0 Å². The van der Waals surface area contributed by atoms with Gasteiger partial charge in [-0.05, 0) is 56.3 Å². The number of aromatic nitrogens is 2. The lowest BCUT2D eigenvalue weighted by Gasteiger charge is -2.56. The van der Waals surface area contributed by atoms with Crippen LogP contribution < -0.4 is 5.32 Å². The molecule has 128 valence electrons. The van der Waals surface area contributed by atoms with Crippen LogP contribution in [0, 0.1) is 27.9 Å². The van der Waals surface area contributed by atoms with E-state index in [9.17, 15) is 14.9 Å². The fourth-order valence-corrected chi connectivity index (χ4v) is 5.50. The number of amides is 1. The van der Waals surface area contributed by atoms with Gasteiger partial charge < -0.3 is 5.32 Å². The van der Waals surface area contributed by atoms with Crippen LogP contribution in [0.2, 0.25) is 0 Å². The number of nitrogens with zero attached hydrogens (tertiary/aromatic N) is 3. The molecule has 0 aliphatic heterocycles. The summed E-state index contributed by atoms with van der Waals surface area (Å²) in [7, 11) is 0. The Morgan fingerprint density at radius 3 is 2.46 bits per heavy atom. The molecule has 24 heavy (non-hydrogen) atoms. The first-order chi connectivity index (χ1) is 11.5. The Morgan fingerprint density at radius 2 is 1.96 bits per heavy atom. The van der Waals surface area contributed by atoms with Crippen molar-refractivity contribution in [3.8, 4) is 0 Å². The molecule has 1 heterocycles. The molecule has 4 aliphatic rings. The molecule has 0 aromatic carbocycles. The van der Waals surface area contributed by atoms with Crippen molar-refractivity contribution in [2.24, 2.45) is 17.8 Å². The predicted molar refractivity (Wildman–Crippen MR) is 87.6 cm³/mol. The minimum absolute atomic E-state index is 0.0856. The van der Waals surface area contributed by atoms with Gasteiger partial charge in [-0.15, -0.1) is 6.58 Å². The molecule has 0 atom stereocenters. The standard InChI is InChI=1S/C17H22N4O3/c1-2-3-18-16(22)15-14(21(23)24)10-20(19-15)17-7-11-4-12(8-17)6-13(5-11)9-17/h2,10-13H,1,3-9H2,(H,18,22). The van der Waals surface area contributed by atoms with Gasteiger partial charge >= 0.3 is 5.69 Å². The highest BCUT2D eigenvalue weighted by atomic mass is 16.6. The van der Waals surface area contributed by atoms with Crippen LogP contribution in [0.3, 0.4) is 0 Å². The van der Waals surface area contributed by atoms with E-state index in [0.717, 1.165) is 19.3 Å². The number of hydrogen-bond donors (Lipinski definition) is 1. The Labute approximate surface area is 140 Å². The fraction of sp³-hybridized carbons (Fsp3) is 0.647. The molecule has 4 aliphatic carbocycles. The molecule has 1 N–H and O–H groups in total. The van der Waals surface area contributed by atoms with Crippen molar-refractivity contribution in [2.45, 2.75) is 44.1 Å². The molecule has 7 nitrogen and oxygen atoms in total. The van der Waals surface area contributed by atoms with Gasteiger partial charge in [0.2, 0.25) is 5.69 Å². The number of carbonyl (C=O) groups is 1. The Hall–Kier alpha value is -2.18. The molecule has 4 fully saturated rings. The van der Waals surface area contributed by atoms with Gasteiger partial charge in [-0.25, -0.2) is 0 Å². The number of nitrogens with one attached hydrogen (secondary N) is 1. The maximum Gasteiger partial charge on any atom is 0.320 e.